The smallest absolute Gasteiger partial charge is 0.357 e. The number of halogens is 3. The summed E-state index contributed by atoms with van der Waals surface area (Å²) in [6, 6.07) is 5.37. The van der Waals surface area contributed by atoms with Crippen molar-refractivity contribution < 1.29 is 17.9 Å². The van der Waals surface area contributed by atoms with Crippen molar-refractivity contribution in [3.05, 3.63) is 35.4 Å². The molecular weight excluding hydrogens is 219 g/mol. The lowest BCUT2D eigenvalue weighted by Gasteiger charge is -2.13. The van der Waals surface area contributed by atoms with Gasteiger partial charge in [0.2, 0.25) is 0 Å². The molecule has 5 heteroatoms. The maximum absolute atomic E-state index is 12.5. The second-order valence-corrected chi connectivity index (χ2v) is 3.90. The standard InChI is InChI=1S/C11H12F3NO/c1-7-6-16-10(15-7)8-3-2-4-9(5-8)11(12,13)14/h2-5,7,10,15H,6H2,1H3. The van der Waals surface area contributed by atoms with Crippen molar-refractivity contribution in [2.75, 3.05) is 6.61 Å². The van der Waals surface area contributed by atoms with Crippen LogP contribution in [0.15, 0.2) is 24.3 Å². The third-order valence-electron chi connectivity index (χ3n) is 2.47. The third-order valence-corrected chi connectivity index (χ3v) is 2.47. The van der Waals surface area contributed by atoms with E-state index in [1.54, 1.807) is 6.07 Å². The van der Waals surface area contributed by atoms with Crippen molar-refractivity contribution in [1.29, 1.82) is 0 Å². The average Bonchev–Trinajstić information content (AvgIpc) is 2.64. The van der Waals surface area contributed by atoms with Crippen molar-refractivity contribution in [2.24, 2.45) is 0 Å². The summed E-state index contributed by atoms with van der Waals surface area (Å²) in [5.74, 6) is 0. The molecule has 0 saturated carbocycles. The Hall–Kier alpha value is -1.07. The van der Waals surface area contributed by atoms with Gasteiger partial charge in [-0.3, -0.25) is 5.32 Å². The molecule has 0 bridgehead atoms. The highest BCUT2D eigenvalue weighted by Gasteiger charge is 2.31. The van der Waals surface area contributed by atoms with Gasteiger partial charge in [0.15, 0.2) is 0 Å². The Morgan fingerprint density at radius 2 is 2.12 bits per heavy atom. The van der Waals surface area contributed by atoms with Gasteiger partial charge in [-0.25, -0.2) is 0 Å². The minimum atomic E-state index is -4.31. The molecule has 0 spiro atoms. The summed E-state index contributed by atoms with van der Waals surface area (Å²) in [7, 11) is 0. The molecular formula is C11H12F3NO. The van der Waals surface area contributed by atoms with E-state index in [0.29, 0.717) is 12.2 Å². The molecule has 1 aliphatic heterocycles. The molecule has 2 unspecified atom stereocenters. The van der Waals surface area contributed by atoms with Crippen LogP contribution in [-0.4, -0.2) is 12.6 Å². The van der Waals surface area contributed by atoms with Crippen LogP contribution in [-0.2, 0) is 10.9 Å². The van der Waals surface area contributed by atoms with E-state index in [9.17, 15) is 13.2 Å². The molecule has 1 aromatic carbocycles. The molecule has 1 saturated heterocycles. The molecule has 2 rings (SSSR count). The number of ether oxygens (including phenoxy) is 1. The van der Waals surface area contributed by atoms with Gasteiger partial charge in [-0.1, -0.05) is 12.1 Å². The van der Waals surface area contributed by atoms with Crippen LogP contribution in [0.1, 0.15) is 24.3 Å². The Morgan fingerprint density at radius 1 is 1.38 bits per heavy atom. The summed E-state index contributed by atoms with van der Waals surface area (Å²) in [5, 5.41) is 3.06. The summed E-state index contributed by atoms with van der Waals surface area (Å²) in [6.45, 7) is 2.44. The lowest BCUT2D eigenvalue weighted by molar-refractivity contribution is -0.137. The average molecular weight is 231 g/mol. The Morgan fingerprint density at radius 3 is 2.69 bits per heavy atom. The summed E-state index contributed by atoms with van der Waals surface area (Å²) in [4.78, 5) is 0. The van der Waals surface area contributed by atoms with Gasteiger partial charge in [-0.15, -0.1) is 0 Å². The van der Waals surface area contributed by atoms with Crippen LogP contribution < -0.4 is 5.32 Å². The van der Waals surface area contributed by atoms with Gasteiger partial charge in [-0.05, 0) is 24.6 Å². The molecule has 2 nitrogen and oxygen atoms in total. The Bertz CT molecular complexity index is 378. The zero-order valence-electron chi connectivity index (χ0n) is 8.71. The van der Waals surface area contributed by atoms with Gasteiger partial charge in [0, 0.05) is 6.04 Å². The largest absolute Gasteiger partial charge is 0.416 e. The van der Waals surface area contributed by atoms with Crippen LogP contribution in [0.2, 0.25) is 0 Å². The van der Waals surface area contributed by atoms with Gasteiger partial charge in [0.25, 0.3) is 0 Å². The van der Waals surface area contributed by atoms with E-state index < -0.39 is 18.0 Å². The SMILES string of the molecule is CC1COC(c2cccc(C(F)(F)F)c2)N1. The molecule has 0 aromatic heterocycles. The van der Waals surface area contributed by atoms with Crippen LogP contribution in [0.4, 0.5) is 13.2 Å². The number of hydrogen-bond acceptors (Lipinski definition) is 2. The van der Waals surface area contributed by atoms with E-state index >= 15 is 0 Å². The Kier molecular flexibility index (Phi) is 2.90. The normalized spacial score (nSPS) is 26.0. The van der Waals surface area contributed by atoms with E-state index in [-0.39, 0.29) is 6.04 Å². The van der Waals surface area contributed by atoms with Crippen molar-refractivity contribution >= 4 is 0 Å². The maximum Gasteiger partial charge on any atom is 0.416 e. The number of hydrogen-bond donors (Lipinski definition) is 1. The van der Waals surface area contributed by atoms with Crippen LogP contribution in [0, 0.1) is 0 Å². The van der Waals surface area contributed by atoms with Gasteiger partial charge >= 0.3 is 6.18 Å². The molecule has 88 valence electrons. The second-order valence-electron chi connectivity index (χ2n) is 3.90. The van der Waals surface area contributed by atoms with E-state index in [0.717, 1.165) is 12.1 Å². The van der Waals surface area contributed by atoms with E-state index in [2.05, 4.69) is 5.32 Å². The summed E-state index contributed by atoms with van der Waals surface area (Å²) in [6.07, 6.45) is -4.74. The van der Waals surface area contributed by atoms with E-state index in [1.807, 2.05) is 6.92 Å². The quantitative estimate of drug-likeness (QED) is 0.802. The molecule has 0 aliphatic carbocycles. The summed E-state index contributed by atoms with van der Waals surface area (Å²) in [5.41, 5.74) is -0.130. The van der Waals surface area contributed by atoms with Crippen molar-refractivity contribution in [3.63, 3.8) is 0 Å². The molecule has 1 fully saturated rings. The monoisotopic (exact) mass is 231 g/mol. The minimum absolute atomic E-state index is 0.166. The fourth-order valence-corrected chi connectivity index (χ4v) is 1.67. The highest BCUT2D eigenvalue weighted by Crippen LogP contribution is 2.31. The molecule has 1 aromatic rings. The number of alkyl halides is 3. The molecule has 0 radical (unpaired) electrons. The lowest BCUT2D eigenvalue weighted by Crippen LogP contribution is -2.22. The Labute approximate surface area is 91.4 Å². The zero-order valence-corrected chi connectivity index (χ0v) is 8.71. The van der Waals surface area contributed by atoms with Crippen molar-refractivity contribution in [3.8, 4) is 0 Å². The lowest BCUT2D eigenvalue weighted by atomic mass is 10.1. The van der Waals surface area contributed by atoms with Crippen LogP contribution in [0.25, 0.3) is 0 Å². The maximum atomic E-state index is 12.5. The summed E-state index contributed by atoms with van der Waals surface area (Å²) < 4.78 is 42.8. The first-order valence-electron chi connectivity index (χ1n) is 5.01. The number of rotatable bonds is 1. The second kappa shape index (κ2) is 4.07. The molecule has 1 heterocycles. The Balaban J connectivity index is 2.23. The first kappa shape index (κ1) is 11.4. The molecule has 2 atom stereocenters. The topological polar surface area (TPSA) is 21.3 Å². The van der Waals surface area contributed by atoms with Gasteiger partial charge < -0.3 is 4.74 Å². The fraction of sp³-hybridized carbons (Fsp3) is 0.455. The summed E-state index contributed by atoms with van der Waals surface area (Å²) >= 11 is 0. The van der Waals surface area contributed by atoms with E-state index in [1.165, 1.54) is 6.07 Å². The molecule has 1 aliphatic rings. The van der Waals surface area contributed by atoms with Crippen molar-refractivity contribution in [1.82, 2.24) is 5.32 Å². The van der Waals surface area contributed by atoms with Gasteiger partial charge in [-0.2, -0.15) is 13.2 Å². The van der Waals surface area contributed by atoms with Crippen LogP contribution in [0.3, 0.4) is 0 Å². The highest BCUT2D eigenvalue weighted by atomic mass is 19.4. The predicted molar refractivity (Wildman–Crippen MR) is 52.7 cm³/mol. The molecule has 0 amide bonds. The van der Waals surface area contributed by atoms with Crippen LogP contribution >= 0.6 is 0 Å². The first-order chi connectivity index (χ1) is 7.47. The minimum Gasteiger partial charge on any atom is -0.357 e. The predicted octanol–water partition coefficient (Wildman–Crippen LogP) is 2.71. The molecule has 1 N–H and O–H groups in total. The molecule has 16 heavy (non-hydrogen) atoms. The van der Waals surface area contributed by atoms with Crippen molar-refractivity contribution in [2.45, 2.75) is 25.4 Å². The third kappa shape index (κ3) is 2.36. The van der Waals surface area contributed by atoms with Gasteiger partial charge in [0.1, 0.15) is 6.23 Å². The first-order valence-corrected chi connectivity index (χ1v) is 5.01. The number of nitrogens with one attached hydrogen (secondary N) is 1. The highest BCUT2D eigenvalue weighted by molar-refractivity contribution is 5.27. The van der Waals surface area contributed by atoms with Crippen LogP contribution in [0.5, 0.6) is 0 Å². The van der Waals surface area contributed by atoms with Gasteiger partial charge in [0.05, 0.1) is 12.2 Å². The zero-order chi connectivity index (χ0) is 11.8. The number of benzene rings is 1. The fourth-order valence-electron chi connectivity index (χ4n) is 1.67. The van der Waals surface area contributed by atoms with E-state index in [4.69, 9.17) is 4.74 Å².